The van der Waals surface area contributed by atoms with Crippen LogP contribution in [-0.4, -0.2) is 79.5 Å². The molecule has 1 heterocycles. The average molecular weight is 678 g/mol. The van der Waals surface area contributed by atoms with Gasteiger partial charge < -0.3 is 37.2 Å². The molecule has 46 heavy (non-hydrogen) atoms. The van der Waals surface area contributed by atoms with Crippen molar-refractivity contribution >= 4 is 51.2 Å². The van der Waals surface area contributed by atoms with E-state index >= 15 is 0 Å². The van der Waals surface area contributed by atoms with E-state index in [-0.39, 0.29) is 18.6 Å². The first-order valence-corrected chi connectivity index (χ1v) is 16.6. The Bertz CT molecular complexity index is 1440. The number of carbonyl (C=O) groups is 5. The van der Waals surface area contributed by atoms with E-state index in [1.165, 1.54) is 43.3 Å². The second-order valence-electron chi connectivity index (χ2n) is 12.2. The molecule has 0 spiro atoms. The Hall–Kier alpha value is -3.82. The van der Waals surface area contributed by atoms with Crippen molar-refractivity contribution in [2.45, 2.75) is 87.2 Å². The molecular formula is C31H40FN5O7S2. The first-order chi connectivity index (χ1) is 21.4. The van der Waals surface area contributed by atoms with Crippen LogP contribution in [-0.2, 0) is 36.8 Å². The number of hydrogen-bond donors (Lipinski definition) is 7. The molecule has 1 fully saturated rings. The molecular weight excluding hydrogens is 638 g/mol. The summed E-state index contributed by atoms with van der Waals surface area (Å²) in [6.45, 7) is 7.99. The van der Waals surface area contributed by atoms with Crippen LogP contribution in [0.3, 0.4) is 0 Å². The topological polar surface area (TPSA) is 200 Å². The quantitative estimate of drug-likeness (QED) is 0.211. The number of phenols is 1. The summed E-state index contributed by atoms with van der Waals surface area (Å²) in [5, 5.41) is 30.1. The zero-order chi connectivity index (χ0) is 34.4. The van der Waals surface area contributed by atoms with E-state index < -0.39 is 75.1 Å². The molecule has 12 nitrogen and oxygen atoms in total. The first-order valence-electron chi connectivity index (χ1n) is 14.5. The monoisotopic (exact) mass is 677 g/mol. The van der Waals surface area contributed by atoms with Gasteiger partial charge in [0.05, 0.1) is 10.8 Å². The molecule has 8 N–H and O–H groups in total. The highest BCUT2D eigenvalue weighted by molar-refractivity contribution is 8.77. The van der Waals surface area contributed by atoms with E-state index in [1.54, 1.807) is 39.8 Å². The lowest BCUT2D eigenvalue weighted by Gasteiger charge is -2.38. The number of amides is 4. The minimum atomic E-state index is -1.43. The lowest BCUT2D eigenvalue weighted by atomic mass is 9.99. The molecule has 2 aromatic carbocycles. The summed E-state index contributed by atoms with van der Waals surface area (Å²) in [6.07, 6.45) is 0.0296. The van der Waals surface area contributed by atoms with Crippen molar-refractivity contribution in [3.05, 3.63) is 65.5 Å². The predicted molar refractivity (Wildman–Crippen MR) is 174 cm³/mol. The summed E-state index contributed by atoms with van der Waals surface area (Å²) in [5.41, 5.74) is 7.37. The van der Waals surface area contributed by atoms with Crippen LogP contribution in [0.1, 0.15) is 45.7 Å². The predicted octanol–water partition coefficient (Wildman–Crippen LogP) is 1.64. The number of benzene rings is 2. The van der Waals surface area contributed by atoms with Crippen LogP contribution in [0, 0.1) is 5.82 Å². The minimum absolute atomic E-state index is 0.0574. The molecule has 5 unspecified atom stereocenters. The fourth-order valence-electron chi connectivity index (χ4n) is 4.59. The third kappa shape index (κ3) is 9.84. The van der Waals surface area contributed by atoms with E-state index in [0.717, 1.165) is 21.6 Å². The molecule has 250 valence electrons. The van der Waals surface area contributed by atoms with Gasteiger partial charge in [0.15, 0.2) is 0 Å². The van der Waals surface area contributed by atoms with Crippen LogP contribution in [0.2, 0.25) is 0 Å². The zero-order valence-corrected chi connectivity index (χ0v) is 27.8. The van der Waals surface area contributed by atoms with Crippen LogP contribution < -0.4 is 27.0 Å². The Labute approximate surface area is 274 Å². The Morgan fingerprint density at radius 1 is 0.891 bits per heavy atom. The summed E-state index contributed by atoms with van der Waals surface area (Å²) in [6, 6.07) is 5.30. The van der Waals surface area contributed by atoms with Crippen LogP contribution in [0.15, 0.2) is 48.5 Å². The van der Waals surface area contributed by atoms with Crippen molar-refractivity contribution in [3.8, 4) is 5.75 Å². The smallest absolute Gasteiger partial charge is 0.327 e. The van der Waals surface area contributed by atoms with Crippen molar-refractivity contribution in [2.24, 2.45) is 5.73 Å². The van der Waals surface area contributed by atoms with E-state index in [4.69, 9.17) is 5.73 Å². The highest BCUT2D eigenvalue weighted by Crippen LogP contribution is 2.46. The van der Waals surface area contributed by atoms with Crippen LogP contribution in [0.4, 0.5) is 4.39 Å². The Morgan fingerprint density at radius 3 is 2.04 bits per heavy atom. The van der Waals surface area contributed by atoms with Gasteiger partial charge in [0.25, 0.3) is 0 Å². The van der Waals surface area contributed by atoms with Crippen LogP contribution >= 0.6 is 21.6 Å². The van der Waals surface area contributed by atoms with Gasteiger partial charge >= 0.3 is 5.97 Å². The van der Waals surface area contributed by atoms with E-state index in [9.17, 15) is 38.6 Å². The molecule has 1 aliphatic rings. The van der Waals surface area contributed by atoms with E-state index in [1.807, 2.05) is 0 Å². The van der Waals surface area contributed by atoms with Crippen molar-refractivity contribution < 1.29 is 38.6 Å². The van der Waals surface area contributed by atoms with Gasteiger partial charge in [0.2, 0.25) is 23.6 Å². The molecule has 5 atom stereocenters. The second-order valence-corrected chi connectivity index (χ2v) is 15.6. The van der Waals surface area contributed by atoms with Crippen molar-refractivity contribution in [2.75, 3.05) is 0 Å². The summed E-state index contributed by atoms with van der Waals surface area (Å²) < 4.78 is 11.3. The Kier molecular flexibility index (Phi) is 12.1. The van der Waals surface area contributed by atoms with Crippen molar-refractivity contribution in [1.29, 1.82) is 0 Å². The van der Waals surface area contributed by atoms with Gasteiger partial charge in [0, 0.05) is 11.2 Å². The normalized spacial score (nSPS) is 24.4. The molecule has 1 saturated heterocycles. The minimum Gasteiger partial charge on any atom is -0.508 e. The highest BCUT2D eigenvalue weighted by Gasteiger charge is 2.45. The average Bonchev–Trinajstić information content (AvgIpc) is 2.98. The third-order valence-electron chi connectivity index (χ3n) is 7.41. The molecule has 0 aromatic heterocycles. The SMILES string of the molecule is CC1NC(=O)C(NC(=O)C(N)Cc2ccc(O)cc2)C(C)(C)SSC(C)(C)C(C(=O)O)NC(=O)C(Cc2ccc(F)cc2)NC1=O. The van der Waals surface area contributed by atoms with Crippen LogP contribution in [0.5, 0.6) is 5.75 Å². The fourth-order valence-corrected chi connectivity index (χ4v) is 7.41. The van der Waals surface area contributed by atoms with Gasteiger partial charge in [-0.2, -0.15) is 0 Å². The number of phenolic OH excluding ortho intramolecular Hbond substituents is 1. The maximum Gasteiger partial charge on any atom is 0.327 e. The summed E-state index contributed by atoms with van der Waals surface area (Å²) in [7, 11) is 2.24. The zero-order valence-electron chi connectivity index (χ0n) is 26.1. The van der Waals surface area contributed by atoms with Gasteiger partial charge in [-0.1, -0.05) is 45.9 Å². The maximum absolute atomic E-state index is 13.7. The molecule has 0 bridgehead atoms. The molecule has 4 amide bonds. The van der Waals surface area contributed by atoms with Crippen molar-refractivity contribution in [1.82, 2.24) is 21.3 Å². The number of halogens is 1. The molecule has 2 aromatic rings. The Balaban J connectivity index is 1.93. The Morgan fingerprint density at radius 2 is 1.46 bits per heavy atom. The van der Waals surface area contributed by atoms with E-state index in [2.05, 4.69) is 21.3 Å². The first kappa shape index (κ1) is 36.6. The molecule has 0 saturated carbocycles. The summed E-state index contributed by atoms with van der Waals surface area (Å²) >= 11 is 0. The number of rotatable bonds is 7. The number of nitrogens with two attached hydrogens (primary N) is 1. The second kappa shape index (κ2) is 15.2. The van der Waals surface area contributed by atoms with Gasteiger partial charge in [-0.25, -0.2) is 9.18 Å². The number of carboxylic acid groups (broad SMARTS) is 1. The molecule has 0 aliphatic carbocycles. The van der Waals surface area contributed by atoms with E-state index in [0.29, 0.717) is 11.1 Å². The molecule has 0 radical (unpaired) electrons. The van der Waals surface area contributed by atoms with Gasteiger partial charge in [-0.3, -0.25) is 19.2 Å². The van der Waals surface area contributed by atoms with Crippen molar-refractivity contribution in [3.63, 3.8) is 0 Å². The molecule has 15 heteroatoms. The lowest BCUT2D eigenvalue weighted by molar-refractivity contribution is -0.143. The highest BCUT2D eigenvalue weighted by atomic mass is 33.1. The number of carbonyl (C=O) groups excluding carboxylic acids is 4. The van der Waals surface area contributed by atoms with Gasteiger partial charge in [-0.15, -0.1) is 0 Å². The van der Waals surface area contributed by atoms with Gasteiger partial charge in [-0.05, 0) is 76.4 Å². The largest absolute Gasteiger partial charge is 0.508 e. The number of nitrogens with one attached hydrogen (secondary N) is 4. The number of carboxylic acids is 1. The number of hydrogen-bond acceptors (Lipinski definition) is 9. The summed E-state index contributed by atoms with van der Waals surface area (Å²) in [5.74, 6) is -4.61. The maximum atomic E-state index is 13.7. The molecule has 1 aliphatic heterocycles. The van der Waals surface area contributed by atoms with Crippen LogP contribution in [0.25, 0.3) is 0 Å². The fraction of sp³-hybridized carbons (Fsp3) is 0.452. The van der Waals surface area contributed by atoms with Gasteiger partial charge in [0.1, 0.15) is 35.7 Å². The number of aromatic hydroxyl groups is 1. The summed E-state index contributed by atoms with van der Waals surface area (Å²) in [4.78, 5) is 66.1. The molecule has 3 rings (SSSR count). The lowest BCUT2D eigenvalue weighted by Crippen LogP contribution is -2.63. The number of aliphatic carboxylic acids is 1. The third-order valence-corrected chi connectivity index (χ3v) is 11.7. The standard InChI is InChI=1S/C31H40FN5O7S2/c1-16-25(39)35-22(15-18-6-10-19(32)11-7-18)27(41)37-24(29(43)44)31(4,5)46-45-30(2,3)23(28(42)34-16)36-26(40)21(33)14-17-8-12-20(38)13-9-17/h6-13,16,21-24,38H,14-15,33H2,1-5H3,(H,34,42)(H,35,39)(H,36,40)(H,37,41)(H,43,44).